The van der Waals surface area contributed by atoms with Crippen molar-refractivity contribution in [1.82, 2.24) is 4.90 Å². The first-order chi connectivity index (χ1) is 12.5. The van der Waals surface area contributed by atoms with Gasteiger partial charge in [-0.15, -0.1) is 0 Å². The molecule has 140 valence electrons. The van der Waals surface area contributed by atoms with Gasteiger partial charge >= 0.3 is 6.09 Å². The van der Waals surface area contributed by atoms with Crippen LogP contribution < -0.4 is 5.32 Å². The van der Waals surface area contributed by atoms with Crippen LogP contribution in [0.4, 0.5) is 10.5 Å². The number of methoxy groups -OCH3 is 1. The monoisotopic (exact) mass is 361 g/mol. The number of carbonyl (C=O) groups is 2. The van der Waals surface area contributed by atoms with Crippen molar-refractivity contribution in [2.24, 2.45) is 11.1 Å². The number of ether oxygens (including phenoxy) is 1. The van der Waals surface area contributed by atoms with Crippen molar-refractivity contribution in [1.29, 1.82) is 0 Å². The van der Waals surface area contributed by atoms with Crippen molar-refractivity contribution < 1.29 is 24.6 Å². The van der Waals surface area contributed by atoms with E-state index in [2.05, 4.69) is 10.5 Å². The number of phenolic OH excluding ortho intramolecular Hbond substituents is 1. The maximum absolute atomic E-state index is 11.5. The number of nitrogens with zero attached hydrogens (tertiary/aromatic N) is 2. The molecule has 1 saturated heterocycles. The highest BCUT2D eigenvalue weighted by atomic mass is 16.5. The molecular weight excluding hydrogens is 338 g/mol. The Morgan fingerprint density at radius 3 is 2.77 bits per heavy atom. The van der Waals surface area contributed by atoms with Crippen molar-refractivity contribution in [3.63, 3.8) is 0 Å². The summed E-state index contributed by atoms with van der Waals surface area (Å²) in [5.41, 5.74) is 2.24. The third-order valence-corrected chi connectivity index (χ3v) is 5.11. The lowest BCUT2D eigenvalue weighted by molar-refractivity contribution is -0.115. The second kappa shape index (κ2) is 7.63. The predicted octanol–water partition coefficient (Wildman–Crippen LogP) is 2.32. The van der Waals surface area contributed by atoms with Gasteiger partial charge in [0.05, 0.1) is 19.2 Å². The van der Waals surface area contributed by atoms with Gasteiger partial charge in [-0.05, 0) is 43.2 Å². The molecule has 2 aliphatic rings. The van der Waals surface area contributed by atoms with Gasteiger partial charge in [0.1, 0.15) is 5.75 Å². The van der Waals surface area contributed by atoms with E-state index >= 15 is 0 Å². The molecule has 0 aliphatic carbocycles. The molecule has 1 aromatic rings. The van der Waals surface area contributed by atoms with Gasteiger partial charge in [0.2, 0.25) is 5.91 Å². The Hall–Kier alpha value is -2.77. The highest BCUT2D eigenvalue weighted by Crippen LogP contribution is 2.32. The highest BCUT2D eigenvalue weighted by molar-refractivity contribution is 6.06. The van der Waals surface area contributed by atoms with Crippen molar-refractivity contribution in [3.05, 3.63) is 23.3 Å². The van der Waals surface area contributed by atoms with Gasteiger partial charge in [0.15, 0.2) is 0 Å². The van der Waals surface area contributed by atoms with Gasteiger partial charge in [-0.1, -0.05) is 5.16 Å². The average molecular weight is 361 g/mol. The number of nitrogens with one attached hydrogen (secondary N) is 1. The Morgan fingerprint density at radius 2 is 2.12 bits per heavy atom. The predicted molar refractivity (Wildman–Crippen MR) is 94.7 cm³/mol. The molecule has 0 radical (unpaired) electrons. The lowest BCUT2D eigenvalue weighted by Gasteiger charge is -2.30. The van der Waals surface area contributed by atoms with Crippen LogP contribution in [0.25, 0.3) is 0 Å². The Balaban J connectivity index is 1.61. The number of rotatable bonds is 4. The van der Waals surface area contributed by atoms with Gasteiger partial charge in [-0.25, -0.2) is 4.79 Å². The number of likely N-dealkylation sites (tertiary alicyclic amines) is 1. The molecule has 2 aliphatic heterocycles. The van der Waals surface area contributed by atoms with Gasteiger partial charge in [-0.3, -0.25) is 4.79 Å². The summed E-state index contributed by atoms with van der Waals surface area (Å²) >= 11 is 0. The molecule has 1 aromatic carbocycles. The molecule has 8 nitrogen and oxygen atoms in total. The minimum atomic E-state index is -0.299. The summed E-state index contributed by atoms with van der Waals surface area (Å²) in [7, 11) is 1.38. The molecule has 3 rings (SSSR count). The number of hydrogen-bond donors (Lipinski definition) is 3. The zero-order valence-corrected chi connectivity index (χ0v) is 14.7. The molecular formula is C18H23N3O5. The summed E-state index contributed by atoms with van der Waals surface area (Å²) in [6.07, 6.45) is 2.99. The Morgan fingerprint density at radius 1 is 1.38 bits per heavy atom. The molecule has 0 atom stereocenters. The van der Waals surface area contributed by atoms with E-state index in [4.69, 9.17) is 4.74 Å². The standard InChI is InChI=1S/C18H23N3O5/c1-26-18(24)21-6-4-11(5-7-21)2-3-14(20-25)13-8-12-9-17(23)19-15(12)10-16(13)22/h8,10-11,22,25H,2-7,9H2,1H3,(H,19,23)/b20-14+. The van der Waals surface area contributed by atoms with Gasteiger partial charge in [-0.2, -0.15) is 0 Å². The minimum absolute atomic E-state index is 0.0146. The summed E-state index contributed by atoms with van der Waals surface area (Å²) in [6.45, 7) is 1.31. The summed E-state index contributed by atoms with van der Waals surface area (Å²) in [5, 5.41) is 25.7. The quantitative estimate of drug-likeness (QED) is 0.433. The maximum Gasteiger partial charge on any atom is 0.409 e. The zero-order valence-electron chi connectivity index (χ0n) is 14.7. The van der Waals surface area contributed by atoms with Crippen LogP contribution in [-0.4, -0.2) is 53.1 Å². The number of aromatic hydroxyl groups is 1. The molecule has 0 aromatic heterocycles. The van der Waals surface area contributed by atoms with E-state index < -0.39 is 0 Å². The molecule has 2 heterocycles. The average Bonchev–Trinajstić information content (AvgIpc) is 3.01. The molecule has 0 spiro atoms. The zero-order chi connectivity index (χ0) is 18.7. The molecule has 2 amide bonds. The molecule has 0 saturated carbocycles. The van der Waals surface area contributed by atoms with E-state index in [1.807, 2.05) is 0 Å². The summed E-state index contributed by atoms with van der Waals surface area (Å²) < 4.78 is 4.73. The number of anilines is 1. The molecule has 0 bridgehead atoms. The third kappa shape index (κ3) is 3.74. The van der Waals surface area contributed by atoms with E-state index in [9.17, 15) is 19.9 Å². The molecule has 8 heteroatoms. The summed E-state index contributed by atoms with van der Waals surface area (Å²) in [4.78, 5) is 24.7. The number of benzene rings is 1. The number of fused-ring (bicyclic) bond motifs is 1. The van der Waals surface area contributed by atoms with Crippen LogP contribution in [0, 0.1) is 5.92 Å². The smallest absolute Gasteiger partial charge is 0.409 e. The van der Waals surface area contributed by atoms with Crippen LogP contribution in [0.5, 0.6) is 5.75 Å². The van der Waals surface area contributed by atoms with Crippen LogP contribution >= 0.6 is 0 Å². The van der Waals surface area contributed by atoms with E-state index in [0.717, 1.165) is 24.8 Å². The number of oxime groups is 1. The van der Waals surface area contributed by atoms with Crippen molar-refractivity contribution >= 4 is 23.4 Å². The lowest BCUT2D eigenvalue weighted by atomic mass is 9.90. The van der Waals surface area contributed by atoms with Crippen LogP contribution in [-0.2, 0) is 16.0 Å². The number of phenols is 1. The fraction of sp³-hybridized carbons (Fsp3) is 0.500. The number of hydrogen-bond acceptors (Lipinski definition) is 6. The number of piperidine rings is 1. The van der Waals surface area contributed by atoms with Gasteiger partial charge in [0.25, 0.3) is 0 Å². The van der Waals surface area contributed by atoms with Crippen molar-refractivity contribution in [2.75, 3.05) is 25.5 Å². The SMILES string of the molecule is COC(=O)N1CCC(CC/C(=N\O)c2cc3c(cc2O)NC(=O)C3)CC1. The van der Waals surface area contributed by atoms with Crippen LogP contribution in [0.3, 0.4) is 0 Å². The Labute approximate surface area is 151 Å². The topological polar surface area (TPSA) is 111 Å². The molecule has 0 unspecified atom stereocenters. The summed E-state index contributed by atoms with van der Waals surface area (Å²) in [5.74, 6) is 0.281. The lowest BCUT2D eigenvalue weighted by Crippen LogP contribution is -2.38. The first-order valence-electron chi connectivity index (χ1n) is 8.71. The Bertz CT molecular complexity index is 739. The van der Waals surface area contributed by atoms with E-state index in [0.29, 0.717) is 42.4 Å². The fourth-order valence-corrected chi connectivity index (χ4v) is 3.61. The van der Waals surface area contributed by atoms with Crippen LogP contribution in [0.15, 0.2) is 17.3 Å². The fourth-order valence-electron chi connectivity index (χ4n) is 3.61. The Kier molecular flexibility index (Phi) is 5.29. The second-order valence-corrected chi connectivity index (χ2v) is 6.74. The first kappa shape index (κ1) is 18.0. The van der Waals surface area contributed by atoms with Gasteiger partial charge in [0, 0.05) is 30.4 Å². The molecule has 1 fully saturated rings. The van der Waals surface area contributed by atoms with Gasteiger partial charge < -0.3 is 25.3 Å². The highest BCUT2D eigenvalue weighted by Gasteiger charge is 2.25. The van der Waals surface area contributed by atoms with Crippen LogP contribution in [0.2, 0.25) is 0 Å². The van der Waals surface area contributed by atoms with Crippen molar-refractivity contribution in [3.8, 4) is 5.75 Å². The van der Waals surface area contributed by atoms with E-state index in [1.165, 1.54) is 13.2 Å². The first-order valence-corrected chi connectivity index (χ1v) is 8.71. The number of carbonyl (C=O) groups excluding carboxylic acids is 2. The second-order valence-electron chi connectivity index (χ2n) is 6.74. The minimum Gasteiger partial charge on any atom is -0.507 e. The molecule has 26 heavy (non-hydrogen) atoms. The van der Waals surface area contributed by atoms with Crippen LogP contribution in [0.1, 0.15) is 36.8 Å². The normalized spacial score (nSPS) is 17.8. The number of amides is 2. The summed E-state index contributed by atoms with van der Waals surface area (Å²) in [6, 6.07) is 3.20. The molecule has 3 N–H and O–H groups in total. The maximum atomic E-state index is 11.5. The van der Waals surface area contributed by atoms with E-state index in [-0.39, 0.29) is 24.2 Å². The third-order valence-electron chi connectivity index (χ3n) is 5.11. The van der Waals surface area contributed by atoms with E-state index in [1.54, 1.807) is 11.0 Å². The largest absolute Gasteiger partial charge is 0.507 e. The van der Waals surface area contributed by atoms with Crippen molar-refractivity contribution in [2.45, 2.75) is 32.1 Å².